The maximum atomic E-state index is 6.30. The first kappa shape index (κ1) is 14.6. The second-order valence-electron chi connectivity index (χ2n) is 6.03. The Labute approximate surface area is 139 Å². The summed E-state index contributed by atoms with van der Waals surface area (Å²) in [6.07, 6.45) is 5.71. The predicted molar refractivity (Wildman–Crippen MR) is 90.4 cm³/mol. The Hall–Kier alpha value is -1.98. The molecule has 3 heterocycles. The number of piperidine rings is 1. The van der Waals surface area contributed by atoms with Gasteiger partial charge >= 0.3 is 0 Å². The number of hydrogen-bond acceptors (Lipinski definition) is 4. The molecule has 4 rings (SSSR count). The van der Waals surface area contributed by atoms with Crippen molar-refractivity contribution in [3.05, 3.63) is 52.9 Å². The van der Waals surface area contributed by atoms with Crippen LogP contribution in [0.25, 0.3) is 11.2 Å². The lowest BCUT2D eigenvalue weighted by atomic mass is 9.94. The first-order chi connectivity index (χ1) is 11.3. The third kappa shape index (κ3) is 2.94. The van der Waals surface area contributed by atoms with E-state index in [9.17, 15) is 0 Å². The largest absolute Gasteiger partial charge is 0.298 e. The van der Waals surface area contributed by atoms with Gasteiger partial charge in [0.2, 0.25) is 0 Å². The molecule has 0 bridgehead atoms. The van der Waals surface area contributed by atoms with Crippen LogP contribution in [0.3, 0.4) is 0 Å². The summed E-state index contributed by atoms with van der Waals surface area (Å²) >= 11 is 6.30. The molecule has 1 fully saturated rings. The zero-order chi connectivity index (χ0) is 15.6. The van der Waals surface area contributed by atoms with E-state index in [1.54, 1.807) is 12.4 Å². The van der Waals surface area contributed by atoms with Crippen molar-refractivity contribution in [3.8, 4) is 0 Å². The van der Waals surface area contributed by atoms with Gasteiger partial charge in [0.1, 0.15) is 5.52 Å². The fourth-order valence-electron chi connectivity index (χ4n) is 3.36. The molecule has 1 saturated heterocycles. The van der Waals surface area contributed by atoms with Gasteiger partial charge in [0.05, 0.1) is 5.69 Å². The average Bonchev–Trinajstić information content (AvgIpc) is 3.01. The van der Waals surface area contributed by atoms with Crippen molar-refractivity contribution in [2.45, 2.75) is 25.3 Å². The second kappa shape index (κ2) is 6.26. The molecule has 1 N–H and O–H groups in total. The molecule has 1 aromatic carbocycles. The van der Waals surface area contributed by atoms with Gasteiger partial charge in [0.15, 0.2) is 5.65 Å². The number of rotatable bonds is 3. The van der Waals surface area contributed by atoms with Crippen molar-refractivity contribution in [3.63, 3.8) is 0 Å². The Morgan fingerprint density at radius 1 is 1.22 bits per heavy atom. The van der Waals surface area contributed by atoms with E-state index in [4.69, 9.17) is 11.6 Å². The summed E-state index contributed by atoms with van der Waals surface area (Å²) in [6, 6.07) is 8.07. The van der Waals surface area contributed by atoms with E-state index >= 15 is 0 Å². The van der Waals surface area contributed by atoms with Crippen LogP contribution in [0.15, 0.2) is 36.7 Å². The van der Waals surface area contributed by atoms with E-state index in [1.807, 2.05) is 18.2 Å². The SMILES string of the molecule is Clc1ccccc1CN1CCC[C@@H](c2[nH]nc3nccnc23)C1. The summed E-state index contributed by atoms with van der Waals surface area (Å²) in [5.41, 5.74) is 3.89. The average molecular weight is 328 g/mol. The Balaban J connectivity index is 1.54. The molecule has 0 radical (unpaired) electrons. The molecule has 118 valence electrons. The molecule has 0 saturated carbocycles. The minimum Gasteiger partial charge on any atom is -0.298 e. The van der Waals surface area contributed by atoms with Crippen molar-refractivity contribution >= 4 is 22.8 Å². The molecule has 23 heavy (non-hydrogen) atoms. The van der Waals surface area contributed by atoms with E-state index in [0.29, 0.717) is 11.6 Å². The first-order valence-electron chi connectivity index (χ1n) is 7.92. The Bertz CT molecular complexity index is 815. The second-order valence-corrected chi connectivity index (χ2v) is 6.44. The predicted octanol–water partition coefficient (Wildman–Crippen LogP) is 3.39. The molecule has 0 spiro atoms. The normalized spacial score (nSPS) is 19.3. The molecular weight excluding hydrogens is 310 g/mol. The highest BCUT2D eigenvalue weighted by molar-refractivity contribution is 6.31. The molecule has 0 amide bonds. The van der Waals surface area contributed by atoms with E-state index in [1.165, 1.54) is 5.56 Å². The fraction of sp³-hybridized carbons (Fsp3) is 0.353. The third-order valence-electron chi connectivity index (χ3n) is 4.48. The van der Waals surface area contributed by atoms with Crippen LogP contribution in [0.2, 0.25) is 5.02 Å². The number of nitrogens with one attached hydrogen (secondary N) is 1. The topological polar surface area (TPSA) is 57.7 Å². The lowest BCUT2D eigenvalue weighted by Crippen LogP contribution is -2.34. The van der Waals surface area contributed by atoms with Crippen molar-refractivity contribution in [2.24, 2.45) is 0 Å². The van der Waals surface area contributed by atoms with Crippen LogP contribution in [0.4, 0.5) is 0 Å². The van der Waals surface area contributed by atoms with Gasteiger partial charge < -0.3 is 0 Å². The number of nitrogens with zero attached hydrogens (tertiary/aromatic N) is 4. The number of halogens is 1. The van der Waals surface area contributed by atoms with E-state index in [-0.39, 0.29) is 0 Å². The number of likely N-dealkylation sites (tertiary alicyclic amines) is 1. The molecule has 1 aliphatic rings. The Morgan fingerprint density at radius 3 is 3.00 bits per heavy atom. The standard InChI is InChI=1S/C17H18ClN5/c18-14-6-2-1-4-12(14)10-23-9-3-5-13(11-23)15-16-17(22-21-15)20-8-7-19-16/h1-2,4,6-8,13H,3,5,9-11H2,(H,20,21,22)/t13-/m1/s1. The van der Waals surface area contributed by atoms with E-state index in [0.717, 1.165) is 48.7 Å². The number of aromatic nitrogens is 4. The van der Waals surface area contributed by atoms with Crippen molar-refractivity contribution in [2.75, 3.05) is 13.1 Å². The summed E-state index contributed by atoms with van der Waals surface area (Å²) < 4.78 is 0. The molecular formula is C17H18ClN5. The zero-order valence-corrected chi connectivity index (χ0v) is 13.5. The van der Waals surface area contributed by atoms with Gasteiger partial charge in [-0.05, 0) is 31.0 Å². The summed E-state index contributed by atoms with van der Waals surface area (Å²) in [5, 5.41) is 8.27. The molecule has 0 unspecified atom stereocenters. The van der Waals surface area contributed by atoms with Crippen LogP contribution in [0.5, 0.6) is 0 Å². The smallest absolute Gasteiger partial charge is 0.199 e. The van der Waals surface area contributed by atoms with Gasteiger partial charge in [-0.1, -0.05) is 29.8 Å². The van der Waals surface area contributed by atoms with Gasteiger partial charge in [0, 0.05) is 36.4 Å². The van der Waals surface area contributed by atoms with Crippen LogP contribution in [-0.4, -0.2) is 38.2 Å². The quantitative estimate of drug-likeness (QED) is 0.801. The number of hydrogen-bond donors (Lipinski definition) is 1. The van der Waals surface area contributed by atoms with Gasteiger partial charge in [-0.3, -0.25) is 10.00 Å². The lowest BCUT2D eigenvalue weighted by molar-refractivity contribution is 0.199. The van der Waals surface area contributed by atoms with Crippen LogP contribution < -0.4 is 0 Å². The van der Waals surface area contributed by atoms with Gasteiger partial charge in [0.25, 0.3) is 0 Å². The maximum Gasteiger partial charge on any atom is 0.199 e. The van der Waals surface area contributed by atoms with Crippen molar-refractivity contribution in [1.82, 2.24) is 25.1 Å². The summed E-state index contributed by atoms with van der Waals surface area (Å²) in [5.74, 6) is 0.410. The number of fused-ring (bicyclic) bond motifs is 1. The Kier molecular flexibility index (Phi) is 3.97. The van der Waals surface area contributed by atoms with Gasteiger partial charge in [-0.2, -0.15) is 5.10 Å². The van der Waals surface area contributed by atoms with Crippen molar-refractivity contribution < 1.29 is 0 Å². The third-order valence-corrected chi connectivity index (χ3v) is 4.85. The van der Waals surface area contributed by atoms with Gasteiger partial charge in [-0.25, -0.2) is 9.97 Å². The highest BCUT2D eigenvalue weighted by Gasteiger charge is 2.25. The first-order valence-corrected chi connectivity index (χ1v) is 8.30. The number of benzene rings is 1. The minimum absolute atomic E-state index is 0.410. The molecule has 1 aliphatic heterocycles. The van der Waals surface area contributed by atoms with E-state index in [2.05, 4.69) is 31.1 Å². The molecule has 0 aliphatic carbocycles. The lowest BCUT2D eigenvalue weighted by Gasteiger charge is -2.32. The molecule has 3 aromatic rings. The van der Waals surface area contributed by atoms with Crippen LogP contribution >= 0.6 is 11.6 Å². The van der Waals surface area contributed by atoms with Crippen LogP contribution in [0.1, 0.15) is 30.0 Å². The Morgan fingerprint density at radius 2 is 2.09 bits per heavy atom. The van der Waals surface area contributed by atoms with Crippen LogP contribution in [0, 0.1) is 0 Å². The van der Waals surface area contributed by atoms with Gasteiger partial charge in [-0.15, -0.1) is 0 Å². The van der Waals surface area contributed by atoms with Crippen LogP contribution in [-0.2, 0) is 6.54 Å². The van der Waals surface area contributed by atoms with E-state index < -0.39 is 0 Å². The number of aromatic amines is 1. The number of H-pyrrole nitrogens is 1. The maximum absolute atomic E-state index is 6.30. The molecule has 2 aromatic heterocycles. The summed E-state index contributed by atoms with van der Waals surface area (Å²) in [6.45, 7) is 2.96. The summed E-state index contributed by atoms with van der Waals surface area (Å²) in [4.78, 5) is 11.2. The highest BCUT2D eigenvalue weighted by Crippen LogP contribution is 2.30. The highest BCUT2D eigenvalue weighted by atomic mass is 35.5. The molecule has 1 atom stereocenters. The zero-order valence-electron chi connectivity index (χ0n) is 12.7. The monoisotopic (exact) mass is 327 g/mol. The molecule has 5 nitrogen and oxygen atoms in total. The minimum atomic E-state index is 0.410. The summed E-state index contributed by atoms with van der Waals surface area (Å²) in [7, 11) is 0. The molecule has 6 heteroatoms. The van der Waals surface area contributed by atoms with Crippen molar-refractivity contribution in [1.29, 1.82) is 0 Å². The fourth-order valence-corrected chi connectivity index (χ4v) is 3.55.